The Labute approximate surface area is 332 Å². The molecule has 58 heavy (non-hydrogen) atoms. The maximum Gasteiger partial charge on any atom is 0.160 e. The first-order valence-electron chi connectivity index (χ1n) is 19.8. The summed E-state index contributed by atoms with van der Waals surface area (Å²) < 4.78 is 13.7. The van der Waals surface area contributed by atoms with Crippen molar-refractivity contribution in [2.45, 2.75) is 0 Å². The molecule has 4 heteroatoms. The van der Waals surface area contributed by atoms with Crippen LogP contribution in [0.25, 0.3) is 116 Å². The van der Waals surface area contributed by atoms with Crippen LogP contribution in [-0.2, 0) is 0 Å². The summed E-state index contributed by atoms with van der Waals surface area (Å²) in [5.41, 5.74) is 14.6. The Hall–Kier alpha value is -7.82. The van der Waals surface area contributed by atoms with Gasteiger partial charge >= 0.3 is 0 Å². The van der Waals surface area contributed by atoms with Crippen LogP contribution in [0.5, 0.6) is 0 Å². The van der Waals surface area contributed by atoms with Crippen LogP contribution in [-0.4, -0.2) is 13.7 Å². The van der Waals surface area contributed by atoms with Gasteiger partial charge in [0.1, 0.15) is 5.58 Å². The average Bonchev–Trinajstić information content (AvgIpc) is 4.03. The summed E-state index contributed by atoms with van der Waals surface area (Å²) in [6.45, 7) is 0. The molecule has 4 aromatic heterocycles. The number of benzene rings is 9. The molecule has 0 amide bonds. The first-order chi connectivity index (χ1) is 28.8. The third kappa shape index (κ3) is 4.34. The van der Waals surface area contributed by atoms with E-state index >= 15 is 0 Å². The fourth-order valence-corrected chi connectivity index (χ4v) is 9.68. The zero-order valence-corrected chi connectivity index (χ0v) is 31.3. The van der Waals surface area contributed by atoms with Crippen LogP contribution in [0.4, 0.5) is 0 Å². The summed E-state index contributed by atoms with van der Waals surface area (Å²) in [7, 11) is 0. The van der Waals surface area contributed by atoms with E-state index in [0.29, 0.717) is 0 Å². The standard InChI is InChI=1S/C54H33N3O/c1-6-16-47-39(11-1)40-12-2-7-17-48(40)56(47)38-29-32-51-46(33-38)42-14-4-8-18-49(42)55(51)36-25-21-34(22-26-36)35-23-27-37(28-24-35)57-50-19-9-3-13-41(50)44-30-31-45-43-15-5-10-20-52(43)58-54(45)53(44)57/h1-33H. The van der Waals surface area contributed by atoms with Gasteiger partial charge in [0, 0.05) is 60.2 Å². The van der Waals surface area contributed by atoms with Gasteiger partial charge in [-0.2, -0.15) is 0 Å². The van der Waals surface area contributed by atoms with Crippen LogP contribution < -0.4 is 0 Å². The zero-order chi connectivity index (χ0) is 37.9. The molecule has 9 aromatic carbocycles. The molecule has 0 aliphatic heterocycles. The zero-order valence-electron chi connectivity index (χ0n) is 31.3. The number of para-hydroxylation sites is 5. The molecule has 4 heterocycles. The van der Waals surface area contributed by atoms with Crippen LogP contribution in [0.3, 0.4) is 0 Å². The Kier molecular flexibility index (Phi) is 6.41. The van der Waals surface area contributed by atoms with Crippen molar-refractivity contribution < 1.29 is 4.42 Å². The Balaban J connectivity index is 0.904. The van der Waals surface area contributed by atoms with Crippen molar-refractivity contribution in [1.82, 2.24) is 13.7 Å². The minimum Gasteiger partial charge on any atom is -0.454 e. The van der Waals surface area contributed by atoms with Crippen LogP contribution in [0.1, 0.15) is 0 Å². The largest absolute Gasteiger partial charge is 0.454 e. The second-order valence-electron chi connectivity index (χ2n) is 15.3. The van der Waals surface area contributed by atoms with Gasteiger partial charge in [-0.25, -0.2) is 0 Å². The third-order valence-corrected chi connectivity index (χ3v) is 12.3. The lowest BCUT2D eigenvalue weighted by molar-refractivity contribution is 0.671. The lowest BCUT2D eigenvalue weighted by Crippen LogP contribution is -1.96. The molecule has 0 aliphatic rings. The second-order valence-corrected chi connectivity index (χ2v) is 15.3. The summed E-state index contributed by atoms with van der Waals surface area (Å²) in [5.74, 6) is 0. The van der Waals surface area contributed by atoms with Gasteiger partial charge in [0.15, 0.2) is 5.58 Å². The predicted molar refractivity (Wildman–Crippen MR) is 242 cm³/mol. The van der Waals surface area contributed by atoms with Crippen molar-refractivity contribution in [1.29, 1.82) is 0 Å². The van der Waals surface area contributed by atoms with E-state index in [4.69, 9.17) is 4.42 Å². The van der Waals surface area contributed by atoms with E-state index in [0.717, 1.165) is 50.0 Å². The Morgan fingerprint density at radius 1 is 0.276 bits per heavy atom. The SMILES string of the molecule is c1ccc2c(c1)oc1c2ccc2c3ccccc3n(-c3ccc(-c4ccc(-n5c6ccccc6c6cc(-n7c8ccccc8c8ccccc87)ccc65)cc4)cc3)c21. The van der Waals surface area contributed by atoms with Gasteiger partial charge in [0.05, 0.1) is 33.1 Å². The van der Waals surface area contributed by atoms with Gasteiger partial charge in [-0.1, -0.05) is 121 Å². The number of hydrogen-bond acceptors (Lipinski definition) is 1. The number of hydrogen-bond donors (Lipinski definition) is 0. The highest BCUT2D eigenvalue weighted by molar-refractivity contribution is 6.21. The molecule has 13 rings (SSSR count). The second kappa shape index (κ2) is 11.8. The summed E-state index contributed by atoms with van der Waals surface area (Å²) in [5, 5.41) is 9.69. The number of fused-ring (bicyclic) bond motifs is 13. The van der Waals surface area contributed by atoms with Crippen molar-refractivity contribution in [3.05, 3.63) is 200 Å². The molecule has 13 aromatic rings. The molecule has 4 nitrogen and oxygen atoms in total. The highest BCUT2D eigenvalue weighted by Gasteiger charge is 2.20. The van der Waals surface area contributed by atoms with E-state index in [1.807, 2.05) is 6.07 Å². The van der Waals surface area contributed by atoms with E-state index in [1.165, 1.54) is 65.5 Å². The molecule has 0 spiro atoms. The summed E-state index contributed by atoms with van der Waals surface area (Å²) in [6, 6.07) is 72.4. The van der Waals surface area contributed by atoms with Gasteiger partial charge in [-0.3, -0.25) is 0 Å². The van der Waals surface area contributed by atoms with Crippen molar-refractivity contribution in [3.63, 3.8) is 0 Å². The van der Waals surface area contributed by atoms with E-state index in [-0.39, 0.29) is 0 Å². The first-order valence-corrected chi connectivity index (χ1v) is 19.8. The van der Waals surface area contributed by atoms with Crippen LogP contribution in [0.2, 0.25) is 0 Å². The fourth-order valence-electron chi connectivity index (χ4n) is 9.68. The first kappa shape index (κ1) is 31.4. The molecular formula is C54H33N3O. The van der Waals surface area contributed by atoms with Gasteiger partial charge in [-0.05, 0) is 90.0 Å². The smallest absolute Gasteiger partial charge is 0.160 e. The molecule has 0 atom stereocenters. The summed E-state index contributed by atoms with van der Waals surface area (Å²) >= 11 is 0. The maximum absolute atomic E-state index is 6.58. The van der Waals surface area contributed by atoms with E-state index < -0.39 is 0 Å². The quantitative estimate of drug-likeness (QED) is 0.177. The summed E-state index contributed by atoms with van der Waals surface area (Å²) in [6.07, 6.45) is 0. The topological polar surface area (TPSA) is 27.9 Å². The van der Waals surface area contributed by atoms with E-state index in [9.17, 15) is 0 Å². The molecule has 0 bridgehead atoms. The predicted octanol–water partition coefficient (Wildman–Crippen LogP) is 14.5. The monoisotopic (exact) mass is 739 g/mol. The van der Waals surface area contributed by atoms with Gasteiger partial charge in [-0.15, -0.1) is 0 Å². The molecule has 270 valence electrons. The number of aromatic nitrogens is 3. The van der Waals surface area contributed by atoms with Crippen molar-refractivity contribution >= 4 is 87.4 Å². The Bertz CT molecular complexity index is 3730. The third-order valence-electron chi connectivity index (χ3n) is 12.3. The molecule has 0 fully saturated rings. The number of nitrogens with zero attached hydrogens (tertiary/aromatic N) is 3. The fraction of sp³-hybridized carbons (Fsp3) is 0. The summed E-state index contributed by atoms with van der Waals surface area (Å²) in [4.78, 5) is 0. The lowest BCUT2D eigenvalue weighted by Gasteiger charge is -2.12. The van der Waals surface area contributed by atoms with Gasteiger partial charge in [0.2, 0.25) is 0 Å². The molecule has 0 saturated carbocycles. The van der Waals surface area contributed by atoms with Crippen molar-refractivity contribution in [2.75, 3.05) is 0 Å². The molecular weight excluding hydrogens is 707 g/mol. The maximum atomic E-state index is 6.58. The normalized spacial score (nSPS) is 12.1. The van der Waals surface area contributed by atoms with E-state index in [1.54, 1.807) is 0 Å². The molecule has 0 aliphatic carbocycles. The van der Waals surface area contributed by atoms with Crippen LogP contribution in [0.15, 0.2) is 205 Å². The van der Waals surface area contributed by atoms with E-state index in [2.05, 4.69) is 208 Å². The molecule has 0 N–H and O–H groups in total. The average molecular weight is 740 g/mol. The lowest BCUT2D eigenvalue weighted by atomic mass is 10.0. The van der Waals surface area contributed by atoms with Crippen LogP contribution in [0, 0.1) is 0 Å². The highest BCUT2D eigenvalue weighted by Crippen LogP contribution is 2.41. The van der Waals surface area contributed by atoms with Gasteiger partial charge < -0.3 is 18.1 Å². The number of furan rings is 1. The van der Waals surface area contributed by atoms with Gasteiger partial charge in [0.25, 0.3) is 0 Å². The minimum atomic E-state index is 0.908. The Morgan fingerprint density at radius 3 is 1.29 bits per heavy atom. The molecule has 0 saturated heterocycles. The molecule has 0 radical (unpaired) electrons. The Morgan fingerprint density at radius 2 is 0.690 bits per heavy atom. The van der Waals surface area contributed by atoms with Crippen LogP contribution >= 0.6 is 0 Å². The number of rotatable bonds is 4. The van der Waals surface area contributed by atoms with Crippen molar-refractivity contribution in [2.24, 2.45) is 0 Å². The molecule has 0 unspecified atom stereocenters. The minimum absolute atomic E-state index is 0.908. The highest BCUT2D eigenvalue weighted by atomic mass is 16.3. The van der Waals surface area contributed by atoms with Crippen molar-refractivity contribution in [3.8, 4) is 28.2 Å².